The maximum Gasteiger partial charge on any atom is 0.311 e. The van der Waals surface area contributed by atoms with Crippen molar-refractivity contribution in [2.75, 3.05) is 6.54 Å². The van der Waals surface area contributed by atoms with Crippen LogP contribution in [0, 0.1) is 0 Å². The van der Waals surface area contributed by atoms with Gasteiger partial charge in [0.05, 0.1) is 12.5 Å². The molecule has 1 aromatic carbocycles. The lowest BCUT2D eigenvalue weighted by Crippen LogP contribution is -2.43. The van der Waals surface area contributed by atoms with Gasteiger partial charge < -0.3 is 21.5 Å². The molecule has 1 aromatic rings. The molecule has 0 bridgehead atoms. The Labute approximate surface area is 160 Å². The van der Waals surface area contributed by atoms with E-state index in [-0.39, 0.29) is 37.2 Å². The predicted molar refractivity (Wildman–Crippen MR) is 104 cm³/mol. The number of nitrogens with two attached hydrogens (primary N) is 2. The molecule has 0 heterocycles. The zero-order valence-corrected chi connectivity index (χ0v) is 16.6. The van der Waals surface area contributed by atoms with Gasteiger partial charge in [0.1, 0.15) is 5.75 Å². The number of carbonyl (C=O) groups is 3. The van der Waals surface area contributed by atoms with Gasteiger partial charge in [-0.2, -0.15) is 0 Å². The minimum atomic E-state index is -0.971. The van der Waals surface area contributed by atoms with Crippen LogP contribution in [0.15, 0.2) is 18.2 Å². The Bertz CT molecular complexity index is 645. The smallest absolute Gasteiger partial charge is 0.311 e. The molecule has 0 radical (unpaired) electrons. The lowest BCUT2D eigenvalue weighted by atomic mass is 9.94. The summed E-state index contributed by atoms with van der Waals surface area (Å²) in [7, 11) is 0. The van der Waals surface area contributed by atoms with Gasteiger partial charge in [0.25, 0.3) is 0 Å². The highest BCUT2D eigenvalue weighted by molar-refractivity contribution is 5.87. The van der Waals surface area contributed by atoms with E-state index in [9.17, 15) is 14.4 Å². The fourth-order valence-corrected chi connectivity index (χ4v) is 2.65. The van der Waals surface area contributed by atoms with Crippen molar-refractivity contribution in [3.63, 3.8) is 0 Å². The van der Waals surface area contributed by atoms with Gasteiger partial charge in [-0.3, -0.25) is 14.4 Å². The van der Waals surface area contributed by atoms with E-state index in [1.807, 2.05) is 18.2 Å². The third-order valence-electron chi connectivity index (χ3n) is 4.15. The zero-order valence-electron chi connectivity index (χ0n) is 16.6. The summed E-state index contributed by atoms with van der Waals surface area (Å²) in [6, 6.07) is 4.95. The number of ether oxygens (including phenoxy) is 1. The van der Waals surface area contributed by atoms with Gasteiger partial charge in [-0.05, 0) is 29.4 Å². The van der Waals surface area contributed by atoms with Crippen molar-refractivity contribution in [1.82, 2.24) is 5.32 Å². The van der Waals surface area contributed by atoms with Crippen LogP contribution < -0.4 is 21.5 Å². The summed E-state index contributed by atoms with van der Waals surface area (Å²) in [5.41, 5.74) is 12.6. The van der Waals surface area contributed by atoms with E-state index < -0.39 is 17.9 Å². The number of primary amides is 1. The number of hydrogen-bond donors (Lipinski definition) is 3. The second-order valence-corrected chi connectivity index (χ2v) is 7.22. The molecule has 0 aromatic heterocycles. The first kappa shape index (κ1) is 22.6. The van der Waals surface area contributed by atoms with Crippen molar-refractivity contribution in [3.8, 4) is 5.75 Å². The summed E-state index contributed by atoms with van der Waals surface area (Å²) in [6.45, 7) is 8.50. The molecule has 0 fully saturated rings. The van der Waals surface area contributed by atoms with Crippen LogP contribution in [0.2, 0.25) is 0 Å². The van der Waals surface area contributed by atoms with Crippen molar-refractivity contribution in [2.45, 2.75) is 64.8 Å². The highest BCUT2D eigenvalue weighted by Crippen LogP contribution is 2.34. The Morgan fingerprint density at radius 2 is 1.63 bits per heavy atom. The molecule has 0 saturated heterocycles. The topological polar surface area (TPSA) is 125 Å². The van der Waals surface area contributed by atoms with E-state index in [4.69, 9.17) is 16.2 Å². The normalized spacial score (nSPS) is 12.1. The van der Waals surface area contributed by atoms with Gasteiger partial charge >= 0.3 is 5.97 Å². The minimum absolute atomic E-state index is 0.162. The summed E-state index contributed by atoms with van der Waals surface area (Å²) in [5, 5.41) is 2.59. The van der Waals surface area contributed by atoms with Gasteiger partial charge in [0, 0.05) is 13.0 Å². The highest BCUT2D eigenvalue weighted by atomic mass is 16.5. The van der Waals surface area contributed by atoms with Crippen LogP contribution in [0.25, 0.3) is 0 Å². The maximum absolute atomic E-state index is 12.3. The van der Waals surface area contributed by atoms with Gasteiger partial charge in [0.15, 0.2) is 0 Å². The molecule has 0 spiro atoms. The van der Waals surface area contributed by atoms with Gasteiger partial charge in [-0.25, -0.2) is 0 Å². The zero-order chi connectivity index (χ0) is 20.6. The van der Waals surface area contributed by atoms with Gasteiger partial charge in [-0.1, -0.05) is 45.9 Å². The van der Waals surface area contributed by atoms with Crippen molar-refractivity contribution in [2.24, 2.45) is 11.5 Å². The van der Waals surface area contributed by atoms with Crippen LogP contribution in [-0.4, -0.2) is 30.4 Å². The van der Waals surface area contributed by atoms with Crippen LogP contribution in [-0.2, 0) is 14.4 Å². The van der Waals surface area contributed by atoms with Gasteiger partial charge in [0.2, 0.25) is 11.8 Å². The summed E-state index contributed by atoms with van der Waals surface area (Å²) >= 11 is 0. The van der Waals surface area contributed by atoms with E-state index in [1.54, 1.807) is 0 Å². The monoisotopic (exact) mass is 377 g/mol. The molecule has 2 amide bonds. The van der Waals surface area contributed by atoms with E-state index in [2.05, 4.69) is 33.0 Å². The number of rotatable bonds is 10. The van der Waals surface area contributed by atoms with Crippen LogP contribution >= 0.6 is 0 Å². The molecule has 0 aliphatic rings. The second-order valence-electron chi connectivity index (χ2n) is 7.22. The molecule has 1 atom stereocenters. The molecule has 0 unspecified atom stereocenters. The third kappa shape index (κ3) is 7.38. The number of carbonyl (C=O) groups excluding carboxylic acids is 3. The molecular weight excluding hydrogens is 346 g/mol. The van der Waals surface area contributed by atoms with Crippen molar-refractivity contribution < 1.29 is 19.1 Å². The minimum Gasteiger partial charge on any atom is -0.426 e. The quantitative estimate of drug-likeness (QED) is 0.326. The second kappa shape index (κ2) is 10.7. The molecule has 27 heavy (non-hydrogen) atoms. The first-order chi connectivity index (χ1) is 12.6. The lowest BCUT2D eigenvalue weighted by Gasteiger charge is -2.19. The van der Waals surface area contributed by atoms with Crippen molar-refractivity contribution >= 4 is 17.8 Å². The number of nitrogens with one attached hydrogen (secondary N) is 1. The first-order valence-corrected chi connectivity index (χ1v) is 9.28. The number of hydrogen-bond acceptors (Lipinski definition) is 5. The summed E-state index contributed by atoms with van der Waals surface area (Å²) in [6.07, 6.45) is 0.363. The fraction of sp³-hybridized carbons (Fsp3) is 0.550. The Morgan fingerprint density at radius 1 is 1.07 bits per heavy atom. The number of benzene rings is 1. The average molecular weight is 377 g/mol. The molecular formula is C20H31N3O4. The van der Waals surface area contributed by atoms with E-state index in [0.29, 0.717) is 12.2 Å². The molecule has 1 rings (SSSR count). The molecule has 0 aliphatic heterocycles. The van der Waals surface area contributed by atoms with E-state index >= 15 is 0 Å². The highest BCUT2D eigenvalue weighted by Gasteiger charge is 2.18. The molecule has 0 aliphatic carbocycles. The van der Waals surface area contributed by atoms with E-state index in [0.717, 1.165) is 11.1 Å². The van der Waals surface area contributed by atoms with Crippen LogP contribution in [0.4, 0.5) is 0 Å². The average Bonchev–Trinajstić information content (AvgIpc) is 2.57. The lowest BCUT2D eigenvalue weighted by molar-refractivity contribution is -0.134. The fourth-order valence-electron chi connectivity index (χ4n) is 2.65. The van der Waals surface area contributed by atoms with Crippen molar-refractivity contribution in [3.05, 3.63) is 29.3 Å². The first-order valence-electron chi connectivity index (χ1n) is 9.28. The Kier molecular flexibility index (Phi) is 8.94. The predicted octanol–water partition coefficient (Wildman–Crippen LogP) is 1.94. The van der Waals surface area contributed by atoms with Crippen LogP contribution in [0.1, 0.15) is 69.9 Å². The standard InChI is InChI=1S/C20H31N3O4/c1-12(2)14-7-5-8-15(13(3)4)19(14)27-18(25)9-6-10-23-20(26)16(21)11-17(22)24/h5,7-8,12-13,16H,6,9-11,21H2,1-4H3,(H2,22,24)(H,23,26)/t16-/m0/s1. The summed E-state index contributed by atoms with van der Waals surface area (Å²) in [4.78, 5) is 34.7. The Morgan fingerprint density at radius 3 is 2.11 bits per heavy atom. The number of esters is 1. The molecule has 7 heteroatoms. The Balaban J connectivity index is 2.58. The van der Waals surface area contributed by atoms with Crippen molar-refractivity contribution in [1.29, 1.82) is 0 Å². The molecule has 7 nitrogen and oxygen atoms in total. The molecule has 5 N–H and O–H groups in total. The summed E-state index contributed by atoms with van der Waals surface area (Å²) < 4.78 is 5.67. The molecule has 0 saturated carbocycles. The summed E-state index contributed by atoms with van der Waals surface area (Å²) in [5.74, 6) is -0.337. The largest absolute Gasteiger partial charge is 0.426 e. The molecule has 150 valence electrons. The Hall–Kier alpha value is -2.41. The van der Waals surface area contributed by atoms with Gasteiger partial charge in [-0.15, -0.1) is 0 Å². The van der Waals surface area contributed by atoms with E-state index in [1.165, 1.54) is 0 Å². The van der Waals surface area contributed by atoms with Crippen LogP contribution in [0.3, 0.4) is 0 Å². The van der Waals surface area contributed by atoms with Crippen LogP contribution in [0.5, 0.6) is 5.75 Å². The number of para-hydroxylation sites is 1. The maximum atomic E-state index is 12.3. The number of amides is 2. The third-order valence-corrected chi connectivity index (χ3v) is 4.15. The SMILES string of the molecule is CC(C)c1cccc(C(C)C)c1OC(=O)CCCNC(=O)[C@@H](N)CC(N)=O.